The molecule has 0 bridgehead atoms. The predicted octanol–water partition coefficient (Wildman–Crippen LogP) is 9.70. The lowest BCUT2D eigenvalue weighted by Crippen LogP contribution is -2.47. The van der Waals surface area contributed by atoms with E-state index in [9.17, 15) is 32.7 Å². The fourth-order valence-corrected chi connectivity index (χ4v) is 5.88. The fourth-order valence-electron chi connectivity index (χ4n) is 5.88. The number of nitrogens with one attached hydrogen (secondary N) is 1. The molecule has 2 N–H and O–H groups in total. The van der Waals surface area contributed by atoms with Gasteiger partial charge in [-0.25, -0.2) is 18.0 Å². The molecule has 0 aromatic heterocycles. The van der Waals surface area contributed by atoms with Gasteiger partial charge in [0.05, 0.1) is 18.9 Å². The molecule has 0 aliphatic heterocycles. The molecular weight excluding hydrogens is 619 g/mol. The number of alkyl halides is 2. The van der Waals surface area contributed by atoms with Gasteiger partial charge in [0.2, 0.25) is 11.8 Å². The first-order chi connectivity index (χ1) is 23.0. The molecule has 2 aromatic rings. The first-order valence-electron chi connectivity index (χ1n) is 17.5. The molecule has 266 valence electrons. The van der Waals surface area contributed by atoms with Crippen LogP contribution in [0.25, 0.3) is 11.1 Å². The van der Waals surface area contributed by atoms with Crippen LogP contribution < -0.4 is 5.32 Å². The maximum absolute atomic E-state index is 14.2. The van der Waals surface area contributed by atoms with Gasteiger partial charge in [0.15, 0.2) is 0 Å². The number of hydrogen-bond donors (Lipinski definition) is 2. The lowest BCUT2D eigenvalue weighted by Gasteiger charge is -2.23. The van der Waals surface area contributed by atoms with Crippen molar-refractivity contribution in [2.75, 3.05) is 7.11 Å². The number of carboxylic acid groups (broad SMARTS) is 1. The van der Waals surface area contributed by atoms with E-state index in [0.29, 0.717) is 48.8 Å². The molecule has 2 rings (SSSR count). The van der Waals surface area contributed by atoms with Crippen LogP contribution >= 0.6 is 0 Å². The summed E-state index contributed by atoms with van der Waals surface area (Å²) >= 11 is 0. The van der Waals surface area contributed by atoms with Crippen molar-refractivity contribution in [2.45, 2.75) is 122 Å². The first-order valence-corrected chi connectivity index (χ1v) is 17.5. The summed E-state index contributed by atoms with van der Waals surface area (Å²) in [4.78, 5) is 38.4. The number of esters is 1. The van der Waals surface area contributed by atoms with Gasteiger partial charge in [-0.1, -0.05) is 113 Å². The van der Waals surface area contributed by atoms with Crippen molar-refractivity contribution < 1.29 is 37.4 Å². The van der Waals surface area contributed by atoms with Crippen LogP contribution in [0.4, 0.5) is 13.2 Å². The van der Waals surface area contributed by atoms with Crippen LogP contribution in [0, 0.1) is 17.7 Å². The Kier molecular flexibility index (Phi) is 18.7. The second-order valence-electron chi connectivity index (χ2n) is 12.6. The van der Waals surface area contributed by atoms with Crippen LogP contribution in [-0.4, -0.2) is 42.0 Å². The van der Waals surface area contributed by atoms with Gasteiger partial charge in [0.1, 0.15) is 11.9 Å². The Morgan fingerprint density at radius 3 is 2.08 bits per heavy atom. The molecule has 0 aliphatic carbocycles. The van der Waals surface area contributed by atoms with Gasteiger partial charge < -0.3 is 15.2 Å². The zero-order chi connectivity index (χ0) is 35.4. The van der Waals surface area contributed by atoms with Crippen molar-refractivity contribution in [3.8, 4) is 11.1 Å². The minimum Gasteiger partial charge on any atom is -0.481 e. The number of benzene rings is 2. The molecule has 0 fully saturated rings. The highest BCUT2D eigenvalue weighted by Gasteiger charge is 2.34. The maximum atomic E-state index is 14.2. The van der Waals surface area contributed by atoms with E-state index in [1.807, 2.05) is 6.92 Å². The van der Waals surface area contributed by atoms with E-state index in [-0.39, 0.29) is 31.5 Å². The van der Waals surface area contributed by atoms with Crippen LogP contribution in [0.3, 0.4) is 0 Å². The Labute approximate surface area is 284 Å². The van der Waals surface area contributed by atoms with Crippen molar-refractivity contribution in [1.29, 1.82) is 0 Å². The number of carboxylic acids is 1. The summed E-state index contributed by atoms with van der Waals surface area (Å²) in [5.74, 6) is -7.36. The van der Waals surface area contributed by atoms with Gasteiger partial charge in [-0.05, 0) is 49.3 Å². The van der Waals surface area contributed by atoms with Crippen LogP contribution in [0.5, 0.6) is 0 Å². The van der Waals surface area contributed by atoms with Crippen LogP contribution in [0.1, 0.15) is 109 Å². The minimum atomic E-state index is -2.62. The molecule has 0 aliphatic rings. The Hall–Kier alpha value is -3.62. The molecule has 0 spiro atoms. The third kappa shape index (κ3) is 14.7. The molecule has 0 saturated heterocycles. The summed E-state index contributed by atoms with van der Waals surface area (Å²) in [6.07, 6.45) is 11.9. The number of carbonyl (C=O) groups excluding carboxylic acids is 2. The normalized spacial score (nSPS) is 13.6. The van der Waals surface area contributed by atoms with Crippen molar-refractivity contribution in [1.82, 2.24) is 5.32 Å². The zero-order valence-electron chi connectivity index (χ0n) is 28.8. The summed E-state index contributed by atoms with van der Waals surface area (Å²) in [6, 6.07) is 12.3. The van der Waals surface area contributed by atoms with E-state index in [1.54, 1.807) is 54.6 Å². The van der Waals surface area contributed by atoms with Gasteiger partial charge in [-0.2, -0.15) is 0 Å². The molecule has 2 aromatic carbocycles. The number of halogens is 3. The number of allylic oxidation sites excluding steroid dienone is 1. The van der Waals surface area contributed by atoms with E-state index in [0.717, 1.165) is 38.5 Å². The van der Waals surface area contributed by atoms with Gasteiger partial charge in [-0.15, -0.1) is 0 Å². The number of unbranched alkanes of at least 4 members (excludes halogenated alkanes) is 8. The average molecular weight is 674 g/mol. The summed E-state index contributed by atoms with van der Waals surface area (Å²) < 4.78 is 47.5. The molecule has 9 heteroatoms. The topological polar surface area (TPSA) is 92.7 Å². The second kappa shape index (κ2) is 22.1. The standard InChI is InChI=1S/C39H54F3NO5/c1-4-6-7-11-16-26-39(41,42)27-17-12-9-8-10-13-20-32(33(18-5-2)37(45)46)36(44)43-35(38(47)48-3)28-29-22-24-30(25-23-29)31-19-14-15-21-34(31)40/h13-15,19-25,32-33,35H,4-12,16-18,26-28H2,1-3H3,(H,43,44)(H,45,46)/b20-13+/t32-,33+,35-/m0/s1. The van der Waals surface area contributed by atoms with Gasteiger partial charge in [0, 0.05) is 24.8 Å². The number of ether oxygens (including phenoxy) is 1. The first kappa shape index (κ1) is 40.6. The van der Waals surface area contributed by atoms with Crippen molar-refractivity contribution >= 4 is 17.8 Å². The summed E-state index contributed by atoms with van der Waals surface area (Å²) in [6.45, 7) is 3.94. The van der Waals surface area contributed by atoms with E-state index in [1.165, 1.54) is 13.2 Å². The number of rotatable bonds is 24. The second-order valence-corrected chi connectivity index (χ2v) is 12.6. The number of amides is 1. The minimum absolute atomic E-state index is 0.0516. The Morgan fingerprint density at radius 1 is 0.875 bits per heavy atom. The highest BCUT2D eigenvalue weighted by atomic mass is 19.3. The molecule has 3 atom stereocenters. The SMILES string of the molecule is CCCCCCCC(F)(F)CCCCCC/C=C/[C@H](C(=O)N[C@@H](Cc1ccc(-c2ccccc2F)cc1)C(=O)OC)[C@@H](CCC)C(=O)O. The lowest BCUT2D eigenvalue weighted by molar-refractivity contribution is -0.148. The number of aliphatic carboxylic acids is 1. The monoisotopic (exact) mass is 673 g/mol. The van der Waals surface area contributed by atoms with E-state index in [4.69, 9.17) is 4.74 Å². The molecule has 0 heterocycles. The highest BCUT2D eigenvalue weighted by Crippen LogP contribution is 2.29. The summed E-state index contributed by atoms with van der Waals surface area (Å²) in [5, 5.41) is 12.7. The van der Waals surface area contributed by atoms with Crippen molar-refractivity contribution in [3.05, 3.63) is 72.1 Å². The fraction of sp³-hybridized carbons (Fsp3) is 0.564. The van der Waals surface area contributed by atoms with Gasteiger partial charge in [0.25, 0.3) is 0 Å². The van der Waals surface area contributed by atoms with Crippen molar-refractivity contribution in [2.24, 2.45) is 11.8 Å². The van der Waals surface area contributed by atoms with Crippen molar-refractivity contribution in [3.63, 3.8) is 0 Å². The Balaban J connectivity index is 1.99. The van der Waals surface area contributed by atoms with Gasteiger partial charge in [-0.3, -0.25) is 9.59 Å². The smallest absolute Gasteiger partial charge is 0.328 e. The number of hydrogen-bond acceptors (Lipinski definition) is 4. The quantitative estimate of drug-likeness (QED) is 0.0658. The van der Waals surface area contributed by atoms with Crippen LogP contribution in [-0.2, 0) is 25.5 Å². The van der Waals surface area contributed by atoms with Crippen LogP contribution in [0.15, 0.2) is 60.7 Å². The molecule has 1 amide bonds. The predicted molar refractivity (Wildman–Crippen MR) is 184 cm³/mol. The molecular formula is C39H54F3NO5. The number of carbonyl (C=O) groups is 3. The Bertz CT molecular complexity index is 1280. The number of methoxy groups -OCH3 is 1. The average Bonchev–Trinajstić information content (AvgIpc) is 3.06. The summed E-state index contributed by atoms with van der Waals surface area (Å²) in [7, 11) is 1.22. The maximum Gasteiger partial charge on any atom is 0.328 e. The molecule has 48 heavy (non-hydrogen) atoms. The van der Waals surface area contributed by atoms with E-state index >= 15 is 0 Å². The molecule has 0 saturated carbocycles. The third-order valence-electron chi connectivity index (χ3n) is 8.69. The zero-order valence-corrected chi connectivity index (χ0v) is 28.8. The van der Waals surface area contributed by atoms with E-state index < -0.39 is 41.6 Å². The van der Waals surface area contributed by atoms with E-state index in [2.05, 4.69) is 12.2 Å². The molecule has 6 nitrogen and oxygen atoms in total. The summed E-state index contributed by atoms with van der Waals surface area (Å²) in [5.41, 5.74) is 1.80. The largest absolute Gasteiger partial charge is 0.481 e. The highest BCUT2D eigenvalue weighted by molar-refractivity contribution is 5.90. The van der Waals surface area contributed by atoms with Gasteiger partial charge >= 0.3 is 11.9 Å². The lowest BCUT2D eigenvalue weighted by atomic mass is 9.86. The molecule has 0 radical (unpaired) electrons. The molecule has 0 unspecified atom stereocenters. The Morgan fingerprint density at radius 2 is 1.50 bits per heavy atom. The third-order valence-corrected chi connectivity index (χ3v) is 8.69. The van der Waals surface area contributed by atoms with Crippen LogP contribution in [0.2, 0.25) is 0 Å².